The van der Waals surface area contributed by atoms with Crippen LogP contribution in [-0.4, -0.2) is 24.6 Å². The van der Waals surface area contributed by atoms with Gasteiger partial charge in [-0.2, -0.15) is 18.3 Å². The number of amides is 2. The Morgan fingerprint density at radius 3 is 2.55 bits per heavy atom. The summed E-state index contributed by atoms with van der Waals surface area (Å²) in [7, 11) is 0. The minimum atomic E-state index is -4.52. The Hall–Kier alpha value is -3.16. The van der Waals surface area contributed by atoms with Gasteiger partial charge in [0.05, 0.1) is 17.7 Å². The van der Waals surface area contributed by atoms with Gasteiger partial charge in [-0.3, -0.25) is 9.59 Å². The molecule has 2 aromatic carbocycles. The van der Waals surface area contributed by atoms with Crippen LogP contribution in [0.4, 0.5) is 18.9 Å². The van der Waals surface area contributed by atoms with Crippen LogP contribution in [0.15, 0.2) is 53.6 Å². The molecule has 1 saturated heterocycles. The molecule has 3 rings (SSSR count). The number of aryl methyl sites for hydroxylation is 1. The van der Waals surface area contributed by atoms with E-state index in [2.05, 4.69) is 10.5 Å². The minimum absolute atomic E-state index is 0.0238. The van der Waals surface area contributed by atoms with E-state index >= 15 is 0 Å². The average molecular weight is 403 g/mol. The largest absolute Gasteiger partial charge is 0.417 e. The molecule has 29 heavy (non-hydrogen) atoms. The number of nitrogens with one attached hydrogen (secondary N) is 1. The molecule has 8 heteroatoms. The molecule has 0 spiro atoms. The van der Waals surface area contributed by atoms with Crippen LogP contribution in [0.1, 0.15) is 30.0 Å². The zero-order valence-corrected chi connectivity index (χ0v) is 15.7. The number of carbonyl (C=O) groups is 2. The molecule has 0 aliphatic carbocycles. The smallest absolute Gasteiger partial charge is 0.312 e. The van der Waals surface area contributed by atoms with E-state index < -0.39 is 23.6 Å². The topological polar surface area (TPSA) is 61.8 Å². The lowest BCUT2D eigenvalue weighted by Gasteiger charge is -2.16. The number of rotatable bonds is 5. The molecule has 0 bridgehead atoms. The third-order valence-electron chi connectivity index (χ3n) is 4.80. The maximum atomic E-state index is 13.0. The van der Waals surface area contributed by atoms with E-state index in [0.29, 0.717) is 5.69 Å². The maximum absolute atomic E-state index is 13.0. The molecule has 2 amide bonds. The number of anilines is 1. The third-order valence-corrected chi connectivity index (χ3v) is 4.80. The van der Waals surface area contributed by atoms with Crippen LogP contribution >= 0.6 is 0 Å². The van der Waals surface area contributed by atoms with Gasteiger partial charge in [-0.25, -0.2) is 5.43 Å². The van der Waals surface area contributed by atoms with Gasteiger partial charge < -0.3 is 4.90 Å². The predicted octanol–water partition coefficient (Wildman–Crippen LogP) is 3.77. The Balaban J connectivity index is 1.63. The second-order valence-corrected chi connectivity index (χ2v) is 6.74. The number of carbonyl (C=O) groups excluding carboxylic acids is 2. The van der Waals surface area contributed by atoms with Crippen LogP contribution in [0.5, 0.6) is 0 Å². The van der Waals surface area contributed by atoms with Crippen LogP contribution in [0.25, 0.3) is 0 Å². The highest BCUT2D eigenvalue weighted by Crippen LogP contribution is 2.31. The molecule has 0 aromatic heterocycles. The Morgan fingerprint density at radius 2 is 1.90 bits per heavy atom. The minimum Gasteiger partial charge on any atom is -0.312 e. The van der Waals surface area contributed by atoms with Crippen molar-refractivity contribution in [1.82, 2.24) is 5.43 Å². The summed E-state index contributed by atoms with van der Waals surface area (Å²) in [5, 5.41) is 3.65. The first-order chi connectivity index (χ1) is 13.8. The monoisotopic (exact) mass is 403 g/mol. The SMILES string of the molecule is CCc1ccc(N2C[C@H](C(=O)N/N=C/c3ccccc3C(F)(F)F)CC2=O)cc1. The van der Waals surface area contributed by atoms with Crippen molar-refractivity contribution in [1.29, 1.82) is 0 Å². The van der Waals surface area contributed by atoms with E-state index in [9.17, 15) is 22.8 Å². The van der Waals surface area contributed by atoms with Crippen LogP contribution in [0.3, 0.4) is 0 Å². The number of hydrazone groups is 1. The zero-order valence-electron chi connectivity index (χ0n) is 15.7. The maximum Gasteiger partial charge on any atom is 0.417 e. The summed E-state index contributed by atoms with van der Waals surface area (Å²) in [4.78, 5) is 26.1. The lowest BCUT2D eigenvalue weighted by Crippen LogP contribution is -2.30. The fourth-order valence-electron chi connectivity index (χ4n) is 3.17. The van der Waals surface area contributed by atoms with E-state index in [4.69, 9.17) is 0 Å². The first-order valence-corrected chi connectivity index (χ1v) is 9.18. The highest BCUT2D eigenvalue weighted by molar-refractivity contribution is 6.00. The molecule has 0 unspecified atom stereocenters. The van der Waals surface area contributed by atoms with Crippen molar-refractivity contribution >= 4 is 23.7 Å². The zero-order chi connectivity index (χ0) is 21.0. The van der Waals surface area contributed by atoms with Gasteiger partial charge in [0.1, 0.15) is 0 Å². The summed E-state index contributed by atoms with van der Waals surface area (Å²) in [6, 6.07) is 12.5. The predicted molar refractivity (Wildman–Crippen MR) is 103 cm³/mol. The normalized spacial score (nSPS) is 17.2. The lowest BCUT2D eigenvalue weighted by atomic mass is 10.1. The average Bonchev–Trinajstić information content (AvgIpc) is 3.09. The van der Waals surface area contributed by atoms with Gasteiger partial charge in [0.15, 0.2) is 0 Å². The number of benzene rings is 2. The Kier molecular flexibility index (Phi) is 6.00. The van der Waals surface area contributed by atoms with Crippen molar-refractivity contribution < 1.29 is 22.8 Å². The second kappa shape index (κ2) is 8.46. The van der Waals surface area contributed by atoms with Crippen molar-refractivity contribution in [2.45, 2.75) is 25.9 Å². The standard InChI is InChI=1S/C21H20F3N3O2/c1-2-14-7-9-17(10-8-14)27-13-16(11-19(27)28)20(29)26-25-12-15-5-3-4-6-18(15)21(22,23)24/h3-10,12,16H,2,11,13H2,1H3,(H,26,29)/b25-12+/t16-/m1/s1. The van der Waals surface area contributed by atoms with Gasteiger partial charge in [-0.05, 0) is 30.2 Å². The molecule has 0 saturated carbocycles. The van der Waals surface area contributed by atoms with Crippen molar-refractivity contribution in [3.05, 3.63) is 65.2 Å². The van der Waals surface area contributed by atoms with Crippen LogP contribution in [0, 0.1) is 5.92 Å². The van der Waals surface area contributed by atoms with Gasteiger partial charge in [0.2, 0.25) is 11.8 Å². The van der Waals surface area contributed by atoms with Gasteiger partial charge >= 0.3 is 6.18 Å². The molecule has 0 radical (unpaired) electrons. The first-order valence-electron chi connectivity index (χ1n) is 9.18. The fraction of sp³-hybridized carbons (Fsp3) is 0.286. The van der Waals surface area contributed by atoms with E-state index in [1.165, 1.54) is 23.1 Å². The highest BCUT2D eigenvalue weighted by atomic mass is 19.4. The number of alkyl halides is 3. The number of nitrogens with zero attached hydrogens (tertiary/aromatic N) is 2. The number of hydrogen-bond donors (Lipinski definition) is 1. The molecule has 5 nitrogen and oxygen atoms in total. The molecular weight excluding hydrogens is 383 g/mol. The summed E-state index contributed by atoms with van der Waals surface area (Å²) >= 11 is 0. The van der Waals surface area contributed by atoms with Crippen molar-refractivity contribution in [2.75, 3.05) is 11.4 Å². The van der Waals surface area contributed by atoms with Crippen LogP contribution < -0.4 is 10.3 Å². The lowest BCUT2D eigenvalue weighted by molar-refractivity contribution is -0.137. The summed E-state index contributed by atoms with van der Waals surface area (Å²) < 4.78 is 38.9. The molecular formula is C21H20F3N3O2. The van der Waals surface area contributed by atoms with Gasteiger partial charge in [0.25, 0.3) is 0 Å². The van der Waals surface area contributed by atoms with Gasteiger partial charge in [-0.1, -0.05) is 37.3 Å². The van der Waals surface area contributed by atoms with Crippen LogP contribution in [0.2, 0.25) is 0 Å². The fourth-order valence-corrected chi connectivity index (χ4v) is 3.17. The van der Waals surface area contributed by atoms with Gasteiger partial charge in [0, 0.05) is 24.2 Å². The van der Waals surface area contributed by atoms with Gasteiger partial charge in [-0.15, -0.1) is 0 Å². The van der Waals surface area contributed by atoms with Crippen molar-refractivity contribution in [3.63, 3.8) is 0 Å². The molecule has 1 aliphatic rings. The van der Waals surface area contributed by atoms with E-state index in [-0.39, 0.29) is 24.4 Å². The van der Waals surface area contributed by atoms with Crippen molar-refractivity contribution in [3.8, 4) is 0 Å². The Labute approximate surface area is 166 Å². The Bertz CT molecular complexity index is 924. The molecule has 1 aliphatic heterocycles. The van der Waals surface area contributed by atoms with Crippen LogP contribution in [-0.2, 0) is 22.2 Å². The molecule has 1 heterocycles. The van der Waals surface area contributed by atoms with E-state index in [0.717, 1.165) is 24.3 Å². The number of hydrogen-bond acceptors (Lipinski definition) is 3. The second-order valence-electron chi connectivity index (χ2n) is 6.74. The van der Waals surface area contributed by atoms with E-state index in [1.54, 1.807) is 0 Å². The number of halogens is 3. The molecule has 1 atom stereocenters. The summed E-state index contributed by atoms with van der Waals surface area (Å²) in [6.45, 7) is 2.23. The Morgan fingerprint density at radius 1 is 1.21 bits per heavy atom. The first kappa shape index (κ1) is 20.6. The molecule has 1 N–H and O–H groups in total. The molecule has 152 valence electrons. The third kappa shape index (κ3) is 4.82. The molecule has 2 aromatic rings. The summed E-state index contributed by atoms with van der Waals surface area (Å²) in [5.74, 6) is -1.31. The highest BCUT2D eigenvalue weighted by Gasteiger charge is 2.35. The summed E-state index contributed by atoms with van der Waals surface area (Å²) in [6.07, 6.45) is -2.65. The van der Waals surface area contributed by atoms with Crippen molar-refractivity contribution in [2.24, 2.45) is 11.0 Å². The quantitative estimate of drug-likeness (QED) is 0.610. The molecule has 1 fully saturated rings. The van der Waals surface area contributed by atoms with E-state index in [1.807, 2.05) is 31.2 Å². The summed E-state index contributed by atoms with van der Waals surface area (Å²) in [5.41, 5.74) is 3.11.